The summed E-state index contributed by atoms with van der Waals surface area (Å²) < 4.78 is 12.1. The summed E-state index contributed by atoms with van der Waals surface area (Å²) in [5.74, 6) is -0.774. The molecule has 2 rings (SSSR count). The van der Waals surface area contributed by atoms with Crippen LogP contribution < -0.4 is 0 Å². The molecule has 20 heavy (non-hydrogen) atoms. The first-order chi connectivity index (χ1) is 9.54. The van der Waals surface area contributed by atoms with Crippen molar-refractivity contribution in [3.05, 3.63) is 35.9 Å². The minimum Gasteiger partial charge on any atom is -0.345 e. The van der Waals surface area contributed by atoms with Crippen LogP contribution in [0.2, 0.25) is 0 Å². The molecule has 0 bridgehead atoms. The van der Waals surface area contributed by atoms with Crippen LogP contribution in [0.1, 0.15) is 45.6 Å². The van der Waals surface area contributed by atoms with Gasteiger partial charge in [0.05, 0.1) is 18.6 Å². The van der Waals surface area contributed by atoms with Crippen molar-refractivity contribution in [1.82, 2.24) is 0 Å². The summed E-state index contributed by atoms with van der Waals surface area (Å²) in [6.45, 7) is 7.13. The lowest BCUT2D eigenvalue weighted by Crippen LogP contribution is -2.53. The van der Waals surface area contributed by atoms with E-state index in [1.807, 2.05) is 51.1 Å². The van der Waals surface area contributed by atoms with Gasteiger partial charge in [0.2, 0.25) is 5.79 Å². The molecule has 1 aliphatic rings. The van der Waals surface area contributed by atoms with Gasteiger partial charge in [-0.25, -0.2) is 0 Å². The lowest BCUT2D eigenvalue weighted by molar-refractivity contribution is -0.319. The number of hydrogen-bond donors (Lipinski definition) is 0. The Morgan fingerprint density at radius 2 is 1.80 bits per heavy atom. The van der Waals surface area contributed by atoms with Gasteiger partial charge < -0.3 is 9.47 Å². The molecule has 0 N–H and O–H groups in total. The molecule has 0 saturated carbocycles. The molecule has 1 heterocycles. The van der Waals surface area contributed by atoms with Crippen LogP contribution in [0.15, 0.2) is 30.3 Å². The molecule has 1 aromatic carbocycles. The third-order valence-corrected chi connectivity index (χ3v) is 4.05. The van der Waals surface area contributed by atoms with Crippen LogP contribution in [0.3, 0.4) is 0 Å². The highest BCUT2D eigenvalue weighted by molar-refractivity contribution is 5.85. The Hall–Kier alpha value is -1.19. The Kier molecular flexibility index (Phi) is 4.61. The van der Waals surface area contributed by atoms with Crippen molar-refractivity contribution in [1.29, 1.82) is 0 Å². The third kappa shape index (κ3) is 2.52. The first-order valence-corrected chi connectivity index (χ1v) is 7.41. The first-order valence-electron chi connectivity index (χ1n) is 7.41. The zero-order chi connectivity index (χ0) is 14.6. The van der Waals surface area contributed by atoms with Crippen molar-refractivity contribution >= 4 is 5.78 Å². The molecule has 3 heteroatoms. The molecular weight excluding hydrogens is 252 g/mol. The van der Waals surface area contributed by atoms with Gasteiger partial charge in [-0.05, 0) is 26.7 Å². The summed E-state index contributed by atoms with van der Waals surface area (Å²) in [7, 11) is 0. The minimum atomic E-state index is -0.960. The Bertz CT molecular complexity index is 445. The van der Waals surface area contributed by atoms with Gasteiger partial charge >= 0.3 is 0 Å². The Balaban J connectivity index is 2.44. The van der Waals surface area contributed by atoms with E-state index in [9.17, 15) is 4.79 Å². The molecule has 0 unspecified atom stereocenters. The molecule has 0 aromatic heterocycles. The van der Waals surface area contributed by atoms with Gasteiger partial charge in [-0.1, -0.05) is 37.3 Å². The molecular formula is C17H24O3. The summed E-state index contributed by atoms with van der Waals surface area (Å²) in [6, 6.07) is 9.83. The molecule has 0 amide bonds. The van der Waals surface area contributed by atoms with Gasteiger partial charge in [-0.2, -0.15) is 0 Å². The Morgan fingerprint density at radius 3 is 2.35 bits per heavy atom. The highest BCUT2D eigenvalue weighted by Gasteiger charge is 2.53. The smallest absolute Gasteiger partial charge is 0.207 e. The highest BCUT2D eigenvalue weighted by atomic mass is 16.7. The maximum Gasteiger partial charge on any atom is 0.207 e. The second kappa shape index (κ2) is 6.06. The molecule has 1 aliphatic heterocycles. The monoisotopic (exact) mass is 276 g/mol. The van der Waals surface area contributed by atoms with E-state index < -0.39 is 11.2 Å². The van der Waals surface area contributed by atoms with Gasteiger partial charge in [0.1, 0.15) is 5.78 Å². The average molecular weight is 276 g/mol. The Morgan fingerprint density at radius 1 is 1.20 bits per heavy atom. The lowest BCUT2D eigenvalue weighted by atomic mass is 9.74. The maximum atomic E-state index is 12.6. The predicted molar refractivity (Wildman–Crippen MR) is 78.3 cm³/mol. The maximum absolute atomic E-state index is 12.6. The van der Waals surface area contributed by atoms with Crippen molar-refractivity contribution in [2.24, 2.45) is 5.41 Å². The van der Waals surface area contributed by atoms with Gasteiger partial charge in [0, 0.05) is 12.0 Å². The van der Waals surface area contributed by atoms with Gasteiger partial charge in [0.15, 0.2) is 0 Å². The number of benzene rings is 1. The number of hydrogen-bond acceptors (Lipinski definition) is 3. The summed E-state index contributed by atoms with van der Waals surface area (Å²) in [5, 5.41) is 0. The zero-order valence-corrected chi connectivity index (χ0v) is 12.6. The number of carbonyl (C=O) groups excluding carboxylic acids is 1. The lowest BCUT2D eigenvalue weighted by Gasteiger charge is -2.47. The van der Waals surface area contributed by atoms with Crippen LogP contribution in [0, 0.1) is 5.41 Å². The summed E-state index contributed by atoms with van der Waals surface area (Å²) >= 11 is 0. The Labute approximate surface area is 121 Å². The first kappa shape index (κ1) is 15.2. The van der Waals surface area contributed by atoms with E-state index in [1.165, 1.54) is 0 Å². The topological polar surface area (TPSA) is 35.5 Å². The zero-order valence-electron chi connectivity index (χ0n) is 12.6. The van der Waals surface area contributed by atoms with E-state index in [4.69, 9.17) is 9.47 Å². The van der Waals surface area contributed by atoms with Crippen LogP contribution in [-0.4, -0.2) is 19.0 Å². The van der Waals surface area contributed by atoms with Crippen molar-refractivity contribution < 1.29 is 14.3 Å². The number of rotatable bonds is 5. The normalized spacial score (nSPS) is 18.8. The van der Waals surface area contributed by atoms with Crippen molar-refractivity contribution in [2.45, 2.75) is 45.8 Å². The number of ether oxygens (including phenoxy) is 2. The van der Waals surface area contributed by atoms with Gasteiger partial charge in [0.25, 0.3) is 0 Å². The van der Waals surface area contributed by atoms with Gasteiger partial charge in [-0.3, -0.25) is 4.79 Å². The van der Waals surface area contributed by atoms with Crippen LogP contribution >= 0.6 is 0 Å². The van der Waals surface area contributed by atoms with E-state index in [0.29, 0.717) is 19.6 Å². The molecule has 0 spiro atoms. The largest absolute Gasteiger partial charge is 0.345 e. The fourth-order valence-electron chi connectivity index (χ4n) is 2.80. The van der Waals surface area contributed by atoms with Crippen molar-refractivity contribution in [3.63, 3.8) is 0 Å². The van der Waals surface area contributed by atoms with E-state index >= 15 is 0 Å². The number of Topliss-reactive ketones (excluding diaryl/α,β-unsaturated/α-hetero) is 1. The van der Waals surface area contributed by atoms with Gasteiger partial charge in [-0.15, -0.1) is 0 Å². The number of carbonyl (C=O) groups is 1. The van der Waals surface area contributed by atoms with E-state index in [0.717, 1.165) is 18.4 Å². The average Bonchev–Trinajstić information content (AvgIpc) is 2.49. The standard InChI is InChI=1S/C17H24O3/c1-4-9-15(18)16(2,3)17(19-12-8-13-20-17)14-10-6-5-7-11-14/h5-7,10-11H,4,8-9,12-13H2,1-3H3. The molecule has 1 fully saturated rings. The molecule has 0 radical (unpaired) electrons. The molecule has 1 aromatic rings. The summed E-state index contributed by atoms with van der Waals surface area (Å²) in [5.41, 5.74) is 0.222. The summed E-state index contributed by atoms with van der Waals surface area (Å²) in [4.78, 5) is 12.6. The van der Waals surface area contributed by atoms with E-state index in [1.54, 1.807) is 0 Å². The molecule has 0 atom stereocenters. The second-order valence-electron chi connectivity index (χ2n) is 5.83. The van der Waals surface area contributed by atoms with E-state index in [2.05, 4.69) is 0 Å². The minimum absolute atomic E-state index is 0.186. The van der Waals surface area contributed by atoms with Crippen LogP contribution in [0.4, 0.5) is 0 Å². The van der Waals surface area contributed by atoms with Crippen molar-refractivity contribution in [2.75, 3.05) is 13.2 Å². The fourth-order valence-corrected chi connectivity index (χ4v) is 2.80. The molecule has 1 saturated heterocycles. The van der Waals surface area contributed by atoms with Crippen LogP contribution in [-0.2, 0) is 20.1 Å². The third-order valence-electron chi connectivity index (χ3n) is 4.05. The van der Waals surface area contributed by atoms with Crippen LogP contribution in [0.25, 0.3) is 0 Å². The highest BCUT2D eigenvalue weighted by Crippen LogP contribution is 2.47. The second-order valence-corrected chi connectivity index (χ2v) is 5.83. The number of ketones is 1. The molecule has 3 nitrogen and oxygen atoms in total. The quantitative estimate of drug-likeness (QED) is 0.823. The molecule has 110 valence electrons. The van der Waals surface area contributed by atoms with Crippen molar-refractivity contribution in [3.8, 4) is 0 Å². The fraction of sp³-hybridized carbons (Fsp3) is 0.588. The van der Waals surface area contributed by atoms with E-state index in [-0.39, 0.29) is 5.78 Å². The molecule has 0 aliphatic carbocycles. The van der Waals surface area contributed by atoms with Crippen LogP contribution in [0.5, 0.6) is 0 Å². The predicted octanol–water partition coefficient (Wildman–Crippen LogP) is 3.67. The summed E-state index contributed by atoms with van der Waals surface area (Å²) in [6.07, 6.45) is 2.26. The SMILES string of the molecule is CCCC(=O)C(C)(C)C1(c2ccccc2)OCCCO1.